The summed E-state index contributed by atoms with van der Waals surface area (Å²) < 4.78 is 11.1. The summed E-state index contributed by atoms with van der Waals surface area (Å²) in [5, 5.41) is 6.31. The minimum atomic E-state index is -0.274. The molecule has 0 radical (unpaired) electrons. The summed E-state index contributed by atoms with van der Waals surface area (Å²) in [4.78, 5) is 14.2. The van der Waals surface area contributed by atoms with Gasteiger partial charge in [-0.15, -0.1) is 0 Å². The summed E-state index contributed by atoms with van der Waals surface area (Å²) in [6, 6.07) is 4.26. The van der Waals surface area contributed by atoms with Crippen LogP contribution in [-0.2, 0) is 6.42 Å². The van der Waals surface area contributed by atoms with Crippen LogP contribution in [0, 0.1) is 5.92 Å². The zero-order valence-corrected chi connectivity index (χ0v) is 18.7. The number of ether oxygens (including phenoxy) is 2. The molecule has 2 amide bonds. The molecule has 3 atom stereocenters. The van der Waals surface area contributed by atoms with E-state index in [4.69, 9.17) is 9.47 Å². The number of likely N-dealkylation sites (N-methyl/N-ethyl adjacent to an activating group) is 1. The fraction of sp³-hybridized carbons (Fsp3) is 0.682. The van der Waals surface area contributed by atoms with Gasteiger partial charge in [-0.2, -0.15) is 0 Å². The number of methoxy groups -OCH3 is 2. The van der Waals surface area contributed by atoms with Gasteiger partial charge in [-0.1, -0.05) is 13.8 Å². The number of rotatable bonds is 6. The van der Waals surface area contributed by atoms with E-state index in [-0.39, 0.29) is 29.6 Å². The van der Waals surface area contributed by atoms with Crippen molar-refractivity contribution in [1.82, 2.24) is 10.6 Å². The maximum absolute atomic E-state index is 12.7. The second-order valence-electron chi connectivity index (χ2n) is 9.01. The lowest BCUT2D eigenvalue weighted by Gasteiger charge is -2.40. The molecule has 0 spiro atoms. The zero-order chi connectivity index (χ0) is 21.1. The van der Waals surface area contributed by atoms with Crippen molar-refractivity contribution >= 4 is 6.03 Å². The van der Waals surface area contributed by atoms with Crippen LogP contribution in [0.15, 0.2) is 12.1 Å². The molecule has 0 fully saturated rings. The van der Waals surface area contributed by atoms with Crippen LogP contribution in [0.4, 0.5) is 4.79 Å². The molecule has 1 heterocycles. The lowest BCUT2D eigenvalue weighted by molar-refractivity contribution is -0.934. The minimum Gasteiger partial charge on any atom is -0.493 e. The molecule has 1 unspecified atom stereocenters. The Morgan fingerprint density at radius 2 is 1.82 bits per heavy atom. The van der Waals surface area contributed by atoms with Gasteiger partial charge < -0.3 is 25.0 Å². The van der Waals surface area contributed by atoms with Crippen LogP contribution < -0.4 is 25.0 Å². The van der Waals surface area contributed by atoms with Crippen molar-refractivity contribution in [3.05, 3.63) is 23.3 Å². The molecule has 28 heavy (non-hydrogen) atoms. The van der Waals surface area contributed by atoms with Crippen molar-refractivity contribution in [3.63, 3.8) is 0 Å². The Morgan fingerprint density at radius 1 is 1.21 bits per heavy atom. The van der Waals surface area contributed by atoms with E-state index in [1.807, 2.05) is 20.8 Å². The van der Waals surface area contributed by atoms with Crippen LogP contribution in [0.25, 0.3) is 0 Å². The second-order valence-corrected chi connectivity index (χ2v) is 9.01. The van der Waals surface area contributed by atoms with Gasteiger partial charge >= 0.3 is 6.03 Å². The highest BCUT2D eigenvalue weighted by molar-refractivity contribution is 5.75. The summed E-state index contributed by atoms with van der Waals surface area (Å²) in [6.07, 6.45) is 0.994. The fourth-order valence-corrected chi connectivity index (χ4v) is 4.12. The molecule has 6 heteroatoms. The van der Waals surface area contributed by atoms with Gasteiger partial charge in [0.25, 0.3) is 0 Å². The largest absolute Gasteiger partial charge is 0.493 e. The first kappa shape index (κ1) is 22.3. The Morgan fingerprint density at radius 3 is 2.32 bits per heavy atom. The van der Waals surface area contributed by atoms with Crippen LogP contribution in [-0.4, -0.2) is 44.9 Å². The molecule has 1 aromatic rings. The summed E-state index contributed by atoms with van der Waals surface area (Å²) >= 11 is 0. The Kier molecular flexibility index (Phi) is 7.21. The van der Waals surface area contributed by atoms with Gasteiger partial charge in [-0.25, -0.2) is 4.79 Å². The van der Waals surface area contributed by atoms with E-state index in [1.165, 1.54) is 16.0 Å². The molecule has 0 saturated heterocycles. The normalized spacial score (nSPS) is 20.3. The number of quaternary nitrogens is 1. The average molecular weight is 393 g/mol. The van der Waals surface area contributed by atoms with E-state index in [0.717, 1.165) is 31.0 Å². The highest BCUT2D eigenvalue weighted by Crippen LogP contribution is 2.36. The van der Waals surface area contributed by atoms with E-state index in [0.29, 0.717) is 0 Å². The quantitative estimate of drug-likeness (QED) is 0.696. The van der Waals surface area contributed by atoms with E-state index in [1.54, 1.807) is 14.2 Å². The first-order valence-corrected chi connectivity index (χ1v) is 10.3. The third-order valence-electron chi connectivity index (χ3n) is 5.45. The van der Waals surface area contributed by atoms with Gasteiger partial charge in [0.05, 0.1) is 33.4 Å². The molecule has 0 aromatic heterocycles. The first-order chi connectivity index (χ1) is 13.1. The average Bonchev–Trinajstić information content (AvgIpc) is 2.62. The van der Waals surface area contributed by atoms with Gasteiger partial charge in [-0.05, 0) is 51.3 Å². The fourth-order valence-electron chi connectivity index (χ4n) is 4.12. The Hall–Kier alpha value is -1.95. The highest BCUT2D eigenvalue weighted by atomic mass is 16.5. The molecular formula is C22H38N3O3+. The van der Waals surface area contributed by atoms with Crippen LogP contribution in [0.3, 0.4) is 0 Å². The summed E-state index contributed by atoms with van der Waals surface area (Å²) in [5.41, 5.74) is 2.25. The SMILES string of the molecule is CC[NH+]1CCc2cc(OC)c(OC)cc2[C@@H]1[C@H](NC(=O)NC(C)(C)C)C(C)C. The number of carbonyl (C=O) groups excluding carboxylic acids is 1. The predicted molar refractivity (Wildman–Crippen MR) is 112 cm³/mol. The maximum atomic E-state index is 12.7. The molecule has 6 nitrogen and oxygen atoms in total. The third-order valence-corrected chi connectivity index (χ3v) is 5.45. The number of hydrogen-bond acceptors (Lipinski definition) is 3. The van der Waals surface area contributed by atoms with Crippen LogP contribution in [0.5, 0.6) is 11.5 Å². The lowest BCUT2D eigenvalue weighted by Crippen LogP contribution is -3.14. The van der Waals surface area contributed by atoms with Crippen molar-refractivity contribution in [1.29, 1.82) is 0 Å². The van der Waals surface area contributed by atoms with Crippen molar-refractivity contribution in [2.45, 2.75) is 65.6 Å². The van der Waals surface area contributed by atoms with Gasteiger partial charge in [0, 0.05) is 17.5 Å². The van der Waals surface area contributed by atoms with Crippen molar-refractivity contribution in [3.8, 4) is 11.5 Å². The monoisotopic (exact) mass is 392 g/mol. The molecule has 2 rings (SSSR count). The van der Waals surface area contributed by atoms with Crippen molar-refractivity contribution in [2.24, 2.45) is 5.92 Å². The van der Waals surface area contributed by atoms with E-state index >= 15 is 0 Å². The number of amides is 2. The molecule has 158 valence electrons. The van der Waals surface area contributed by atoms with E-state index < -0.39 is 0 Å². The number of nitrogens with one attached hydrogen (secondary N) is 3. The van der Waals surface area contributed by atoms with Gasteiger partial charge in [0.15, 0.2) is 11.5 Å². The Labute approximate surface area is 170 Å². The van der Waals surface area contributed by atoms with Crippen LogP contribution >= 0.6 is 0 Å². The number of urea groups is 1. The first-order valence-electron chi connectivity index (χ1n) is 10.3. The van der Waals surface area contributed by atoms with Crippen molar-refractivity contribution in [2.75, 3.05) is 27.3 Å². The molecule has 0 aliphatic carbocycles. The zero-order valence-electron chi connectivity index (χ0n) is 18.7. The molecule has 1 aliphatic rings. The molecular weight excluding hydrogens is 354 g/mol. The molecule has 1 aliphatic heterocycles. The smallest absolute Gasteiger partial charge is 0.315 e. The van der Waals surface area contributed by atoms with Gasteiger partial charge in [0.2, 0.25) is 0 Å². The van der Waals surface area contributed by atoms with Crippen molar-refractivity contribution < 1.29 is 19.2 Å². The Bertz CT molecular complexity index is 682. The number of hydrogen-bond donors (Lipinski definition) is 3. The molecule has 0 saturated carbocycles. The van der Waals surface area contributed by atoms with E-state index in [9.17, 15) is 4.79 Å². The topological polar surface area (TPSA) is 64.0 Å². The minimum absolute atomic E-state index is 0.00875. The van der Waals surface area contributed by atoms with Crippen LogP contribution in [0.2, 0.25) is 0 Å². The maximum Gasteiger partial charge on any atom is 0.315 e. The highest BCUT2D eigenvalue weighted by Gasteiger charge is 2.40. The summed E-state index contributed by atoms with van der Waals surface area (Å²) in [5.74, 6) is 1.79. The van der Waals surface area contributed by atoms with E-state index in [2.05, 4.69) is 43.5 Å². The number of fused-ring (bicyclic) bond motifs is 1. The molecule has 3 N–H and O–H groups in total. The lowest BCUT2D eigenvalue weighted by atomic mass is 9.83. The van der Waals surface area contributed by atoms with Gasteiger partial charge in [0.1, 0.15) is 6.04 Å². The number of carbonyl (C=O) groups is 1. The number of benzene rings is 1. The third kappa shape index (κ3) is 5.10. The predicted octanol–water partition coefficient (Wildman–Crippen LogP) is 2.33. The standard InChI is InChI=1S/C22H37N3O3/c1-9-25-11-10-15-12-17(27-7)18(28-8)13-16(15)20(25)19(14(2)3)23-21(26)24-22(4,5)6/h12-14,19-20H,9-11H2,1-8H3,(H2,23,24,26)/p+1/t19-,20-/m1/s1. The second kappa shape index (κ2) is 9.03. The molecule has 1 aromatic carbocycles. The van der Waals surface area contributed by atoms with Gasteiger partial charge in [-0.3, -0.25) is 0 Å². The molecule has 0 bridgehead atoms. The summed E-state index contributed by atoms with van der Waals surface area (Å²) in [6.45, 7) is 14.6. The van der Waals surface area contributed by atoms with Crippen LogP contribution in [0.1, 0.15) is 58.7 Å². The summed E-state index contributed by atoms with van der Waals surface area (Å²) in [7, 11) is 3.34. The Balaban J connectivity index is 2.45.